The van der Waals surface area contributed by atoms with Crippen LogP contribution in [-0.2, 0) is 19.3 Å². The van der Waals surface area contributed by atoms with Gasteiger partial charge in [-0.25, -0.2) is 9.97 Å². The lowest BCUT2D eigenvalue weighted by Gasteiger charge is -2.36. The summed E-state index contributed by atoms with van der Waals surface area (Å²) in [4.78, 5) is 29.7. The van der Waals surface area contributed by atoms with Crippen LogP contribution in [0.25, 0.3) is 10.2 Å². The van der Waals surface area contributed by atoms with Gasteiger partial charge in [0.1, 0.15) is 16.5 Å². The summed E-state index contributed by atoms with van der Waals surface area (Å²) in [6.07, 6.45) is 4.38. The molecule has 0 saturated carbocycles. The van der Waals surface area contributed by atoms with E-state index in [1.165, 1.54) is 22.2 Å². The van der Waals surface area contributed by atoms with Crippen molar-refractivity contribution in [2.45, 2.75) is 39.5 Å². The largest absolute Gasteiger partial charge is 0.352 e. The number of nitrogens with zero attached hydrogens (tertiary/aromatic N) is 4. The van der Waals surface area contributed by atoms with E-state index in [-0.39, 0.29) is 5.91 Å². The first-order chi connectivity index (χ1) is 14.6. The van der Waals surface area contributed by atoms with Gasteiger partial charge in [-0.15, -0.1) is 11.3 Å². The van der Waals surface area contributed by atoms with Crippen LogP contribution in [0.1, 0.15) is 46.9 Å². The maximum absolute atomic E-state index is 12.8. The van der Waals surface area contributed by atoms with E-state index in [1.807, 2.05) is 46.6 Å². The molecule has 5 nitrogen and oxygen atoms in total. The molecule has 1 amide bonds. The van der Waals surface area contributed by atoms with Crippen LogP contribution in [0.3, 0.4) is 0 Å². The normalized spacial score (nSPS) is 19.2. The number of hydrogen-bond acceptors (Lipinski definition) is 5. The summed E-state index contributed by atoms with van der Waals surface area (Å²) in [6.45, 7) is 7.55. The number of rotatable bonds is 3. The van der Waals surface area contributed by atoms with Gasteiger partial charge in [0.2, 0.25) is 0 Å². The highest BCUT2D eigenvalue weighted by atomic mass is 32.1. The Balaban J connectivity index is 1.43. The van der Waals surface area contributed by atoms with E-state index in [0.29, 0.717) is 0 Å². The van der Waals surface area contributed by atoms with Crippen LogP contribution in [-0.4, -0.2) is 47.0 Å². The molecule has 5 rings (SSSR count). The monoisotopic (exact) mass is 420 g/mol. The summed E-state index contributed by atoms with van der Waals surface area (Å²) < 4.78 is 0. The van der Waals surface area contributed by atoms with Gasteiger partial charge in [-0.2, -0.15) is 0 Å². The number of carbonyl (C=O) groups excluding carboxylic acids is 1. The third-order valence-corrected chi connectivity index (χ3v) is 7.53. The topological polar surface area (TPSA) is 49.3 Å². The van der Waals surface area contributed by atoms with Gasteiger partial charge in [-0.05, 0) is 42.9 Å². The maximum atomic E-state index is 12.8. The zero-order valence-corrected chi connectivity index (χ0v) is 18.5. The molecule has 0 radical (unpaired) electrons. The predicted molar refractivity (Wildman–Crippen MR) is 123 cm³/mol. The summed E-state index contributed by atoms with van der Waals surface area (Å²) in [6, 6.07) is 9.59. The highest BCUT2D eigenvalue weighted by Crippen LogP contribution is 2.41. The minimum Gasteiger partial charge on any atom is -0.352 e. The highest BCUT2D eigenvalue weighted by Gasteiger charge is 2.28. The zero-order valence-electron chi connectivity index (χ0n) is 17.7. The number of amides is 1. The summed E-state index contributed by atoms with van der Waals surface area (Å²) in [5, 5.41) is 1.28. The molecule has 156 valence electrons. The van der Waals surface area contributed by atoms with Crippen molar-refractivity contribution < 1.29 is 4.79 Å². The van der Waals surface area contributed by atoms with E-state index >= 15 is 0 Å². The van der Waals surface area contributed by atoms with Crippen LogP contribution in [0.5, 0.6) is 0 Å². The Labute approximate surface area is 181 Å². The van der Waals surface area contributed by atoms with Crippen molar-refractivity contribution in [1.29, 1.82) is 0 Å². The zero-order chi connectivity index (χ0) is 20.7. The van der Waals surface area contributed by atoms with E-state index in [4.69, 9.17) is 9.97 Å². The van der Waals surface area contributed by atoms with Gasteiger partial charge >= 0.3 is 0 Å². The predicted octanol–water partition coefficient (Wildman–Crippen LogP) is 4.34. The molecule has 6 heteroatoms. The molecule has 1 fully saturated rings. The molecule has 1 aliphatic heterocycles. The molecule has 0 N–H and O–H groups in total. The minimum atomic E-state index is 0.124. The number of carbonyl (C=O) groups is 1. The fraction of sp³-hybridized carbons (Fsp3) is 0.458. The quantitative estimate of drug-likeness (QED) is 0.632. The summed E-state index contributed by atoms with van der Waals surface area (Å²) in [5.41, 5.74) is 2.25. The Morgan fingerprint density at radius 3 is 2.63 bits per heavy atom. The van der Waals surface area contributed by atoms with E-state index in [2.05, 4.69) is 18.7 Å². The number of hydrogen-bond donors (Lipinski definition) is 0. The van der Waals surface area contributed by atoms with E-state index in [9.17, 15) is 4.79 Å². The van der Waals surface area contributed by atoms with E-state index in [1.54, 1.807) is 0 Å². The lowest BCUT2D eigenvalue weighted by Crippen LogP contribution is -2.49. The molecule has 0 unspecified atom stereocenters. The van der Waals surface area contributed by atoms with Crippen LogP contribution >= 0.6 is 11.3 Å². The lowest BCUT2D eigenvalue weighted by molar-refractivity contribution is 0.0746. The van der Waals surface area contributed by atoms with Crippen molar-refractivity contribution in [3.63, 3.8) is 0 Å². The molecular formula is C24H28N4OS. The third kappa shape index (κ3) is 3.47. The first-order valence-electron chi connectivity index (χ1n) is 11.0. The second-order valence-electron chi connectivity index (χ2n) is 8.49. The first kappa shape index (κ1) is 19.5. The smallest absolute Gasteiger partial charge is 0.253 e. The fourth-order valence-electron chi connectivity index (χ4n) is 4.64. The SMILES string of the molecule is CCc1nc(N2CCN(C(=O)c3ccccc3)CC2)c2c3c(sc2n1)C[C@@H](C)CC3. The van der Waals surface area contributed by atoms with Gasteiger partial charge in [0.25, 0.3) is 5.91 Å². The van der Waals surface area contributed by atoms with Gasteiger partial charge < -0.3 is 9.80 Å². The number of fused-ring (bicyclic) bond motifs is 3. The van der Waals surface area contributed by atoms with Crippen molar-refractivity contribution in [2.24, 2.45) is 5.92 Å². The molecule has 2 aliphatic rings. The molecule has 3 heterocycles. The second kappa shape index (κ2) is 7.99. The minimum absolute atomic E-state index is 0.124. The Hall–Kier alpha value is -2.47. The van der Waals surface area contributed by atoms with E-state index in [0.717, 1.165) is 73.4 Å². The van der Waals surface area contributed by atoms with Crippen molar-refractivity contribution in [2.75, 3.05) is 31.1 Å². The molecule has 2 aromatic heterocycles. The first-order valence-corrected chi connectivity index (χ1v) is 11.9. The van der Waals surface area contributed by atoms with Crippen LogP contribution in [0.2, 0.25) is 0 Å². The number of aryl methyl sites for hydroxylation is 2. The van der Waals surface area contributed by atoms with E-state index < -0.39 is 0 Å². The van der Waals surface area contributed by atoms with Gasteiger partial charge in [-0.3, -0.25) is 4.79 Å². The summed E-state index contributed by atoms with van der Waals surface area (Å²) in [5.74, 6) is 2.89. The third-order valence-electron chi connectivity index (χ3n) is 6.39. The lowest BCUT2D eigenvalue weighted by atomic mass is 9.89. The maximum Gasteiger partial charge on any atom is 0.253 e. The average Bonchev–Trinajstić information content (AvgIpc) is 3.16. The second-order valence-corrected chi connectivity index (χ2v) is 9.58. The van der Waals surface area contributed by atoms with Crippen molar-refractivity contribution in [3.8, 4) is 0 Å². The van der Waals surface area contributed by atoms with Gasteiger partial charge in [0.05, 0.1) is 5.39 Å². The van der Waals surface area contributed by atoms with Crippen LogP contribution in [0.4, 0.5) is 5.82 Å². The Morgan fingerprint density at radius 2 is 1.90 bits per heavy atom. The number of benzene rings is 1. The summed E-state index contributed by atoms with van der Waals surface area (Å²) in [7, 11) is 0. The highest BCUT2D eigenvalue weighted by molar-refractivity contribution is 7.19. The molecule has 1 atom stereocenters. The molecule has 0 bridgehead atoms. The van der Waals surface area contributed by atoms with Crippen LogP contribution < -0.4 is 4.90 Å². The van der Waals surface area contributed by atoms with Gasteiger partial charge in [-0.1, -0.05) is 32.0 Å². The number of piperazine rings is 1. The number of aromatic nitrogens is 2. The Morgan fingerprint density at radius 1 is 1.13 bits per heavy atom. The Bertz CT molecular complexity index is 1070. The standard InChI is InChI=1S/C24H28N4OS/c1-3-20-25-22(21-18-10-9-16(2)15-19(18)30-23(21)26-20)27-11-13-28(14-12-27)24(29)17-7-5-4-6-8-17/h4-8,16H,3,9-15H2,1-2H3/t16-/m0/s1. The molecule has 1 aliphatic carbocycles. The van der Waals surface area contributed by atoms with Crippen molar-refractivity contribution in [3.05, 3.63) is 52.2 Å². The Kier molecular flexibility index (Phi) is 5.19. The van der Waals surface area contributed by atoms with Crippen molar-refractivity contribution in [1.82, 2.24) is 14.9 Å². The average molecular weight is 421 g/mol. The number of anilines is 1. The van der Waals surface area contributed by atoms with Gasteiger partial charge in [0.15, 0.2) is 0 Å². The van der Waals surface area contributed by atoms with Gasteiger partial charge in [0, 0.05) is 43.0 Å². The van der Waals surface area contributed by atoms with Crippen LogP contribution in [0, 0.1) is 5.92 Å². The summed E-state index contributed by atoms with van der Waals surface area (Å²) >= 11 is 1.87. The number of thiophene rings is 1. The molecule has 0 spiro atoms. The molecule has 3 aromatic rings. The molecule has 1 saturated heterocycles. The fourth-order valence-corrected chi connectivity index (χ4v) is 6.03. The van der Waals surface area contributed by atoms with Crippen LogP contribution in [0.15, 0.2) is 30.3 Å². The molecule has 1 aromatic carbocycles. The van der Waals surface area contributed by atoms with Crippen molar-refractivity contribution >= 4 is 33.3 Å². The molecule has 30 heavy (non-hydrogen) atoms. The molecular weight excluding hydrogens is 392 g/mol.